The third kappa shape index (κ3) is 6.01. The zero-order chi connectivity index (χ0) is 29.4. The molecule has 10 heteroatoms. The number of anilines is 1. The molecule has 3 aliphatic rings. The molecule has 2 aromatic carbocycles. The molecule has 2 bridgehead atoms. The predicted octanol–water partition coefficient (Wildman–Crippen LogP) is 4.73. The minimum absolute atomic E-state index is 0.114. The van der Waals surface area contributed by atoms with Gasteiger partial charge in [0.25, 0.3) is 0 Å². The number of fused-ring (bicyclic) bond motifs is 2. The molecule has 42 heavy (non-hydrogen) atoms. The minimum atomic E-state index is -0.728. The molecule has 1 aromatic heterocycles. The van der Waals surface area contributed by atoms with Gasteiger partial charge in [-0.05, 0) is 51.0 Å². The van der Waals surface area contributed by atoms with Crippen LogP contribution in [0.25, 0.3) is 11.3 Å². The zero-order valence-electron chi connectivity index (χ0n) is 24.4. The fourth-order valence-electron chi connectivity index (χ4n) is 6.45. The Balaban J connectivity index is 1.16. The van der Waals surface area contributed by atoms with Crippen LogP contribution in [-0.2, 0) is 22.7 Å². The van der Waals surface area contributed by atoms with Crippen LogP contribution >= 0.6 is 11.3 Å². The summed E-state index contributed by atoms with van der Waals surface area (Å²) in [6.45, 7) is 11.9. The van der Waals surface area contributed by atoms with E-state index in [0.717, 1.165) is 71.4 Å². The van der Waals surface area contributed by atoms with Gasteiger partial charge in [-0.15, -0.1) is 11.3 Å². The van der Waals surface area contributed by atoms with E-state index in [2.05, 4.69) is 41.8 Å². The molecule has 9 nitrogen and oxygen atoms in total. The number of thiazole rings is 1. The van der Waals surface area contributed by atoms with Gasteiger partial charge in [-0.1, -0.05) is 23.8 Å². The third-order valence-corrected chi connectivity index (χ3v) is 9.35. The van der Waals surface area contributed by atoms with Crippen LogP contribution < -0.4 is 9.64 Å². The number of aliphatic carboxylic acids is 1. The molecule has 3 atom stereocenters. The Morgan fingerprint density at radius 1 is 1.26 bits per heavy atom. The fraction of sp³-hybridized carbons (Fsp3) is 0.469. The first kappa shape index (κ1) is 28.6. The Hall–Kier alpha value is -3.49. The van der Waals surface area contributed by atoms with Crippen LogP contribution in [0.1, 0.15) is 42.5 Å². The number of carboxylic acid groups (broad SMARTS) is 1. The smallest absolute Gasteiger partial charge is 0.321 e. The largest absolute Gasteiger partial charge is 0.488 e. The molecule has 4 heterocycles. The highest BCUT2D eigenvalue weighted by Crippen LogP contribution is 2.38. The topological polar surface area (TPSA) is 102 Å². The second-order valence-electron chi connectivity index (χ2n) is 12.2. The van der Waals surface area contributed by atoms with Gasteiger partial charge in [0.05, 0.1) is 36.2 Å². The SMILES string of the molecule is Cc1ccc(OCc2ccc(CN3CCOC(C)(C)C3)cc2C#N)c(-c2csc(N3CC4CCN(C3)[C@H]4C(=O)O)n2)c1. The molecular formula is C32H37N5O4S. The molecular weight excluding hydrogens is 550 g/mol. The summed E-state index contributed by atoms with van der Waals surface area (Å²) >= 11 is 1.57. The van der Waals surface area contributed by atoms with Crippen molar-refractivity contribution in [2.75, 3.05) is 44.4 Å². The molecule has 6 rings (SSSR count). The van der Waals surface area contributed by atoms with E-state index >= 15 is 0 Å². The number of aryl methyl sites for hydroxylation is 1. The first-order chi connectivity index (χ1) is 20.2. The van der Waals surface area contributed by atoms with Crippen molar-refractivity contribution < 1.29 is 19.4 Å². The van der Waals surface area contributed by atoms with Crippen molar-refractivity contribution in [2.45, 2.75) is 52.0 Å². The normalized spacial score (nSPS) is 23.5. The van der Waals surface area contributed by atoms with Crippen LogP contribution in [0.4, 0.5) is 5.13 Å². The highest BCUT2D eigenvalue weighted by molar-refractivity contribution is 7.14. The lowest BCUT2D eigenvalue weighted by Crippen LogP contribution is -2.53. The monoisotopic (exact) mass is 587 g/mol. The second kappa shape index (κ2) is 11.7. The highest BCUT2D eigenvalue weighted by atomic mass is 32.1. The van der Waals surface area contributed by atoms with E-state index in [0.29, 0.717) is 25.4 Å². The summed E-state index contributed by atoms with van der Waals surface area (Å²) < 4.78 is 12.2. The first-order valence-electron chi connectivity index (χ1n) is 14.5. The van der Waals surface area contributed by atoms with Crippen molar-refractivity contribution in [3.63, 3.8) is 0 Å². The van der Waals surface area contributed by atoms with Crippen molar-refractivity contribution in [3.05, 3.63) is 64.0 Å². The molecule has 0 aliphatic carbocycles. The van der Waals surface area contributed by atoms with E-state index in [1.165, 1.54) is 0 Å². The number of carboxylic acids is 1. The van der Waals surface area contributed by atoms with Gasteiger partial charge in [0.2, 0.25) is 0 Å². The van der Waals surface area contributed by atoms with Crippen LogP contribution in [0.15, 0.2) is 41.8 Å². The van der Waals surface area contributed by atoms with Crippen molar-refractivity contribution in [3.8, 4) is 23.1 Å². The van der Waals surface area contributed by atoms with Crippen LogP contribution in [0.3, 0.4) is 0 Å². The number of aromatic nitrogens is 1. The van der Waals surface area contributed by atoms with Gasteiger partial charge in [-0.25, -0.2) is 4.98 Å². The van der Waals surface area contributed by atoms with E-state index in [1.54, 1.807) is 11.3 Å². The summed E-state index contributed by atoms with van der Waals surface area (Å²) in [5.41, 5.74) is 5.26. The third-order valence-electron chi connectivity index (χ3n) is 8.45. The first-order valence-corrected chi connectivity index (χ1v) is 15.4. The number of hydrogen-bond donors (Lipinski definition) is 1. The number of benzene rings is 2. The minimum Gasteiger partial charge on any atom is -0.488 e. The Morgan fingerprint density at radius 3 is 2.88 bits per heavy atom. The maximum absolute atomic E-state index is 11.7. The highest BCUT2D eigenvalue weighted by Gasteiger charge is 2.45. The van der Waals surface area contributed by atoms with Gasteiger partial charge >= 0.3 is 5.97 Å². The Morgan fingerprint density at radius 2 is 2.12 bits per heavy atom. The number of carbonyl (C=O) groups is 1. The van der Waals surface area contributed by atoms with E-state index in [9.17, 15) is 15.2 Å². The molecule has 3 aromatic rings. The Bertz CT molecular complexity index is 1500. The lowest BCUT2D eigenvalue weighted by atomic mass is 9.99. The molecule has 3 aliphatic heterocycles. The van der Waals surface area contributed by atoms with Crippen molar-refractivity contribution in [2.24, 2.45) is 5.92 Å². The van der Waals surface area contributed by atoms with Crippen LogP contribution in [-0.4, -0.2) is 77.0 Å². The van der Waals surface area contributed by atoms with Crippen LogP contribution in [0, 0.1) is 24.2 Å². The summed E-state index contributed by atoms with van der Waals surface area (Å²) in [6.07, 6.45) is 0.901. The molecule has 0 amide bonds. The van der Waals surface area contributed by atoms with E-state index in [4.69, 9.17) is 14.5 Å². The summed E-state index contributed by atoms with van der Waals surface area (Å²) in [4.78, 5) is 23.3. The van der Waals surface area contributed by atoms with Gasteiger partial charge in [0.1, 0.15) is 18.4 Å². The number of nitrogens with zero attached hydrogens (tertiary/aromatic N) is 5. The standard InChI is InChI=1S/C32H37N5O4S/c1-21-4-7-28(40-17-24-6-5-22(13-25(24)14-33)15-35-10-11-41-32(2,3)19-35)26(12-21)27-18-42-31(34-27)37-16-23-8-9-36(20-37)29(23)30(38)39/h4-7,12-13,18,23,29H,8-11,15-17,19-20H2,1-3H3,(H,38,39)/t23?,29-/m1/s1. The summed E-state index contributed by atoms with van der Waals surface area (Å²) in [6, 6.07) is 14.1. The summed E-state index contributed by atoms with van der Waals surface area (Å²) in [7, 11) is 0. The van der Waals surface area contributed by atoms with E-state index < -0.39 is 12.0 Å². The number of ether oxygens (including phenoxy) is 2. The fourth-order valence-corrected chi connectivity index (χ4v) is 7.28. The van der Waals surface area contributed by atoms with E-state index in [-0.39, 0.29) is 18.1 Å². The molecule has 3 fully saturated rings. The van der Waals surface area contributed by atoms with Crippen LogP contribution in [0.5, 0.6) is 5.75 Å². The summed E-state index contributed by atoms with van der Waals surface area (Å²) in [5.74, 6) is 0.103. The lowest BCUT2D eigenvalue weighted by molar-refractivity contribution is -0.144. The maximum atomic E-state index is 11.7. The zero-order valence-corrected chi connectivity index (χ0v) is 25.2. The van der Waals surface area contributed by atoms with Gasteiger partial charge < -0.3 is 19.5 Å². The van der Waals surface area contributed by atoms with Crippen molar-refractivity contribution in [1.29, 1.82) is 5.26 Å². The van der Waals surface area contributed by atoms with Crippen molar-refractivity contribution >= 4 is 22.4 Å². The number of hydrogen-bond acceptors (Lipinski definition) is 9. The number of morpholine rings is 1. The molecule has 220 valence electrons. The van der Waals surface area contributed by atoms with Gasteiger partial charge in [-0.2, -0.15) is 5.26 Å². The van der Waals surface area contributed by atoms with Gasteiger partial charge in [0.15, 0.2) is 5.13 Å². The Labute approximate surface area is 250 Å². The lowest BCUT2D eigenvalue weighted by Gasteiger charge is -2.38. The van der Waals surface area contributed by atoms with Crippen LogP contribution in [0.2, 0.25) is 0 Å². The van der Waals surface area contributed by atoms with Gasteiger partial charge in [-0.3, -0.25) is 14.6 Å². The van der Waals surface area contributed by atoms with Crippen molar-refractivity contribution in [1.82, 2.24) is 14.8 Å². The molecule has 3 saturated heterocycles. The quantitative estimate of drug-likeness (QED) is 0.401. The van der Waals surface area contributed by atoms with Gasteiger partial charge in [0, 0.05) is 55.1 Å². The average molecular weight is 588 g/mol. The maximum Gasteiger partial charge on any atom is 0.321 e. The summed E-state index contributed by atoms with van der Waals surface area (Å²) in [5, 5.41) is 22.5. The molecule has 0 spiro atoms. The number of rotatable bonds is 8. The molecule has 0 radical (unpaired) electrons. The van der Waals surface area contributed by atoms with E-state index in [1.807, 2.05) is 41.5 Å². The average Bonchev–Trinajstić information content (AvgIpc) is 3.55. The number of nitriles is 1. The second-order valence-corrected chi connectivity index (χ2v) is 13.1. The Kier molecular flexibility index (Phi) is 7.94. The molecule has 0 saturated carbocycles. The molecule has 1 N–H and O–H groups in total. The molecule has 2 unspecified atom stereocenters. The predicted molar refractivity (Wildman–Crippen MR) is 162 cm³/mol.